The van der Waals surface area contributed by atoms with Crippen LogP contribution in [0.4, 0.5) is 32.8 Å². The summed E-state index contributed by atoms with van der Waals surface area (Å²) >= 11 is 0. The fraction of sp³-hybridized carbons (Fsp3) is 0.0600. The van der Waals surface area contributed by atoms with Gasteiger partial charge in [-0.25, -0.2) is 4.39 Å². The Morgan fingerprint density at radius 3 is 1.93 bits per heavy atom. The average Bonchev–Trinajstić information content (AvgIpc) is 3.24. The second-order valence-corrected chi connectivity index (χ2v) is 14.1. The SMILES string of the molecule is N#Cc1ccc2c(c1)CCCN2c1ccc2ccc3c(N(c4ccccc4)c4cc(-c5ccccc5)cc(-c5ccccc5)c4F)ccc4ccc1c2c43. The maximum Gasteiger partial charge on any atom is 0.155 e. The Bertz CT molecular complexity index is 2880. The topological polar surface area (TPSA) is 30.3 Å². The number of hydrogen-bond acceptors (Lipinski definition) is 3. The summed E-state index contributed by atoms with van der Waals surface area (Å²) in [5, 5.41) is 16.5. The predicted octanol–water partition coefficient (Wildman–Crippen LogP) is 13.5. The first kappa shape index (κ1) is 31.7. The van der Waals surface area contributed by atoms with E-state index in [1.807, 2.05) is 91.0 Å². The van der Waals surface area contributed by atoms with E-state index < -0.39 is 0 Å². The molecule has 1 heterocycles. The van der Waals surface area contributed by atoms with Gasteiger partial charge in [-0.05, 0) is 111 Å². The number of nitrogens with zero attached hydrogens (tertiary/aromatic N) is 3. The van der Waals surface area contributed by atoms with Crippen LogP contribution in [-0.4, -0.2) is 6.54 Å². The highest BCUT2D eigenvalue weighted by Crippen LogP contribution is 2.48. The molecule has 1 aliphatic rings. The summed E-state index contributed by atoms with van der Waals surface area (Å²) in [6.07, 6.45) is 1.97. The van der Waals surface area contributed by atoms with Crippen LogP contribution in [0.1, 0.15) is 17.5 Å². The Hall–Kier alpha value is -6.96. The van der Waals surface area contributed by atoms with E-state index in [-0.39, 0.29) is 5.82 Å². The lowest BCUT2D eigenvalue weighted by Gasteiger charge is -2.33. The number of halogens is 1. The third kappa shape index (κ3) is 5.17. The summed E-state index contributed by atoms with van der Waals surface area (Å²) in [6.45, 7) is 0.899. The van der Waals surface area contributed by atoms with Crippen molar-refractivity contribution in [3.63, 3.8) is 0 Å². The van der Waals surface area contributed by atoms with Crippen LogP contribution < -0.4 is 9.80 Å². The number of hydrogen-bond donors (Lipinski definition) is 0. The van der Waals surface area contributed by atoms with Crippen molar-refractivity contribution in [2.24, 2.45) is 0 Å². The molecule has 54 heavy (non-hydrogen) atoms. The van der Waals surface area contributed by atoms with Gasteiger partial charge in [0, 0.05) is 39.9 Å². The number of para-hydroxylation sites is 1. The van der Waals surface area contributed by atoms with E-state index in [0.29, 0.717) is 16.8 Å². The Labute approximate surface area is 313 Å². The van der Waals surface area contributed by atoms with E-state index in [4.69, 9.17) is 0 Å². The minimum atomic E-state index is -0.277. The molecule has 256 valence electrons. The lowest BCUT2D eigenvalue weighted by molar-refractivity contribution is 0.632. The highest BCUT2D eigenvalue weighted by Gasteiger charge is 2.26. The molecule has 1 aliphatic heterocycles. The van der Waals surface area contributed by atoms with Gasteiger partial charge in [-0.1, -0.05) is 115 Å². The van der Waals surface area contributed by atoms with E-state index in [1.54, 1.807) is 0 Å². The Kier molecular flexibility index (Phi) is 7.59. The monoisotopic (exact) mass is 695 g/mol. The van der Waals surface area contributed by atoms with Gasteiger partial charge in [0.1, 0.15) is 0 Å². The van der Waals surface area contributed by atoms with Crippen LogP contribution in [0.25, 0.3) is 54.6 Å². The summed E-state index contributed by atoms with van der Waals surface area (Å²) in [5.41, 5.74) is 9.83. The number of aryl methyl sites for hydroxylation is 1. The van der Waals surface area contributed by atoms with Crippen LogP contribution in [0.15, 0.2) is 170 Å². The lowest BCUT2D eigenvalue weighted by Crippen LogP contribution is -2.24. The van der Waals surface area contributed by atoms with E-state index in [0.717, 1.165) is 80.4 Å². The molecule has 3 nitrogen and oxygen atoms in total. The van der Waals surface area contributed by atoms with E-state index in [9.17, 15) is 5.26 Å². The Morgan fingerprint density at radius 1 is 0.556 bits per heavy atom. The van der Waals surface area contributed by atoms with Gasteiger partial charge in [0.05, 0.1) is 23.0 Å². The number of rotatable bonds is 6. The first-order valence-corrected chi connectivity index (χ1v) is 18.5. The fourth-order valence-corrected chi connectivity index (χ4v) is 8.50. The highest BCUT2D eigenvalue weighted by atomic mass is 19.1. The largest absolute Gasteiger partial charge is 0.341 e. The minimum Gasteiger partial charge on any atom is -0.341 e. The molecule has 0 bridgehead atoms. The molecule has 0 aromatic heterocycles. The predicted molar refractivity (Wildman–Crippen MR) is 222 cm³/mol. The van der Waals surface area contributed by atoms with Gasteiger partial charge in [0.25, 0.3) is 0 Å². The Balaban J connectivity index is 1.23. The number of anilines is 5. The molecule has 10 rings (SSSR count). The molecular formula is C50H34FN3. The average molecular weight is 696 g/mol. The normalized spacial score (nSPS) is 12.6. The molecular weight excluding hydrogens is 662 g/mol. The van der Waals surface area contributed by atoms with Crippen LogP contribution >= 0.6 is 0 Å². The van der Waals surface area contributed by atoms with Crippen LogP contribution in [0.2, 0.25) is 0 Å². The van der Waals surface area contributed by atoms with E-state index in [2.05, 4.69) is 94.7 Å². The van der Waals surface area contributed by atoms with E-state index in [1.165, 1.54) is 16.3 Å². The zero-order valence-electron chi connectivity index (χ0n) is 29.5. The molecule has 0 aliphatic carbocycles. The molecule has 0 spiro atoms. The summed E-state index contributed by atoms with van der Waals surface area (Å²) in [7, 11) is 0. The third-order valence-electron chi connectivity index (χ3n) is 11.0. The second kappa shape index (κ2) is 12.9. The summed E-state index contributed by atoms with van der Waals surface area (Å²) in [5.74, 6) is -0.277. The van der Waals surface area contributed by atoms with Crippen molar-refractivity contribution in [2.75, 3.05) is 16.3 Å². The summed E-state index contributed by atoms with van der Waals surface area (Å²) in [4.78, 5) is 4.51. The zero-order chi connectivity index (χ0) is 36.2. The molecule has 9 aromatic carbocycles. The molecule has 0 radical (unpaired) electrons. The lowest BCUT2D eigenvalue weighted by atomic mass is 9.91. The van der Waals surface area contributed by atoms with Crippen LogP contribution in [0, 0.1) is 17.1 Å². The fourth-order valence-electron chi connectivity index (χ4n) is 8.50. The smallest absolute Gasteiger partial charge is 0.155 e. The molecule has 0 N–H and O–H groups in total. The quantitative estimate of drug-likeness (QED) is 0.162. The standard InChI is InChI=1S/C50H34FN3/c51-50-43(35-13-6-2-7-14-35)30-39(34-11-4-1-5-12-34)31-47(50)54(40-16-8-3-9-17-40)46-27-22-37-19-23-41-45(26-21-36-20-24-42(46)49(37)48(36)41)53-28-10-15-38-29-33(32-52)18-25-44(38)53/h1-9,11-14,16-27,29-31H,10,15,28H2. The molecule has 0 saturated heterocycles. The van der Waals surface area contributed by atoms with Crippen LogP contribution in [-0.2, 0) is 6.42 Å². The van der Waals surface area contributed by atoms with Gasteiger partial charge in [0.2, 0.25) is 0 Å². The zero-order valence-corrected chi connectivity index (χ0v) is 29.5. The van der Waals surface area contributed by atoms with Gasteiger partial charge < -0.3 is 9.80 Å². The van der Waals surface area contributed by atoms with Crippen molar-refractivity contribution in [2.45, 2.75) is 12.8 Å². The van der Waals surface area contributed by atoms with Crippen LogP contribution in [0.5, 0.6) is 0 Å². The highest BCUT2D eigenvalue weighted by molar-refractivity contribution is 6.28. The maximum atomic E-state index is 17.4. The number of benzene rings is 9. The molecule has 9 aromatic rings. The third-order valence-corrected chi connectivity index (χ3v) is 11.0. The second-order valence-electron chi connectivity index (χ2n) is 14.1. The van der Waals surface area contributed by atoms with Crippen molar-refractivity contribution in [3.8, 4) is 28.3 Å². The van der Waals surface area contributed by atoms with Crippen molar-refractivity contribution < 1.29 is 4.39 Å². The molecule has 0 amide bonds. The summed E-state index contributed by atoms with van der Waals surface area (Å²) in [6, 6.07) is 60.2. The van der Waals surface area contributed by atoms with Crippen molar-refractivity contribution in [3.05, 3.63) is 187 Å². The number of nitriles is 1. The van der Waals surface area contributed by atoms with Gasteiger partial charge in [-0.3, -0.25) is 0 Å². The molecule has 0 unspecified atom stereocenters. The minimum absolute atomic E-state index is 0.277. The molecule has 0 fully saturated rings. The van der Waals surface area contributed by atoms with Gasteiger partial charge in [-0.2, -0.15) is 5.26 Å². The van der Waals surface area contributed by atoms with Crippen molar-refractivity contribution in [1.29, 1.82) is 5.26 Å². The number of fused-ring (bicyclic) bond motifs is 1. The Morgan fingerprint density at radius 2 is 1.19 bits per heavy atom. The van der Waals surface area contributed by atoms with Gasteiger partial charge >= 0.3 is 0 Å². The molecule has 0 atom stereocenters. The molecule has 4 heteroatoms. The van der Waals surface area contributed by atoms with Crippen molar-refractivity contribution >= 4 is 60.8 Å². The van der Waals surface area contributed by atoms with Crippen molar-refractivity contribution in [1.82, 2.24) is 0 Å². The summed E-state index contributed by atoms with van der Waals surface area (Å²) < 4.78 is 17.4. The van der Waals surface area contributed by atoms with E-state index >= 15 is 4.39 Å². The first-order valence-electron chi connectivity index (χ1n) is 18.5. The van der Waals surface area contributed by atoms with Gasteiger partial charge in [-0.15, -0.1) is 0 Å². The maximum absolute atomic E-state index is 17.4. The first-order chi connectivity index (χ1) is 26.7. The van der Waals surface area contributed by atoms with Crippen LogP contribution in [0.3, 0.4) is 0 Å². The molecule has 0 saturated carbocycles. The van der Waals surface area contributed by atoms with Gasteiger partial charge in [0.15, 0.2) is 5.82 Å².